The van der Waals surface area contributed by atoms with Crippen molar-refractivity contribution in [2.24, 2.45) is 17.6 Å². The fourth-order valence-corrected chi connectivity index (χ4v) is 13.6. The number of phenolic OH excluding ortho intramolecular Hbond substituents is 1. The highest BCUT2D eigenvalue weighted by Crippen LogP contribution is 2.34. The van der Waals surface area contributed by atoms with Gasteiger partial charge in [-0.1, -0.05) is 55.5 Å². The molecule has 0 spiro atoms. The first-order valence-electron chi connectivity index (χ1n) is 30.8. The van der Waals surface area contributed by atoms with E-state index in [1.165, 1.54) is 74.9 Å². The van der Waals surface area contributed by atoms with Crippen LogP contribution in [0.25, 0.3) is 21.1 Å². The average Bonchev–Trinajstić information content (AvgIpc) is 2.07. The molecule has 0 unspecified atom stereocenters. The molecule has 6 amide bonds. The summed E-state index contributed by atoms with van der Waals surface area (Å²) in [5, 5.41) is 102. The predicted molar refractivity (Wildman–Crippen MR) is 329 cm³/mol. The average molecular weight is 1260 g/mol. The summed E-state index contributed by atoms with van der Waals surface area (Å²) < 4.78 is 5.21. The van der Waals surface area contributed by atoms with Gasteiger partial charge in [0, 0.05) is 94.0 Å². The molecule has 1 aliphatic carbocycles. The summed E-state index contributed by atoms with van der Waals surface area (Å²) in [6.07, 6.45) is -5.76. The number of fused-ring (bicyclic) bond motifs is 2. The number of rotatable bonds is 15. The van der Waals surface area contributed by atoms with Gasteiger partial charge in [-0.3, -0.25) is 33.7 Å². The van der Waals surface area contributed by atoms with Crippen LogP contribution in [0.15, 0.2) is 66.7 Å². The van der Waals surface area contributed by atoms with Crippen LogP contribution in [0, 0.1) is 11.8 Å². The second kappa shape index (κ2) is 29.8. The number of aromatic hydroxyl groups is 1. The van der Waals surface area contributed by atoms with Crippen LogP contribution in [-0.2, 0) is 41.7 Å². The molecule has 9 rings (SSSR count). The third-order valence-electron chi connectivity index (χ3n) is 18.1. The molecular weight excluding hydrogens is 1170 g/mol. The van der Waals surface area contributed by atoms with Crippen molar-refractivity contribution >= 4 is 52.5 Å². The fourth-order valence-electron chi connectivity index (χ4n) is 12.7. The minimum atomic E-state index is -1.98. The van der Waals surface area contributed by atoms with Gasteiger partial charge in [0.2, 0.25) is 35.4 Å². The Labute approximate surface area is 521 Å². The number of carbonyl (C=O) groups is 6. The Morgan fingerprint density at radius 3 is 1.97 bits per heavy atom. The highest BCUT2D eigenvalue weighted by atomic mass is 32.1. The molecule has 5 heterocycles. The van der Waals surface area contributed by atoms with E-state index in [4.69, 9.17) is 10.5 Å². The Morgan fingerprint density at radius 1 is 0.708 bits per heavy atom. The third-order valence-corrected chi connectivity index (χ3v) is 19.1. The molecule has 5 aliphatic rings. The largest absolute Gasteiger partial charge is 0.504 e. The fraction of sp³-hybridized carbons (Fsp3) is 0.581. The zero-order valence-electron chi connectivity index (χ0n) is 50.7. The number of anilines is 1. The standard InChI is InChI=1S/C62H86N12O14S/c1-33-5-14-40(15-6-33)71-21-23-72(24-22-71)41-16-12-39(13-17-41)60-70-69-59(89-60)38-10-7-36(8-11-38)29-64-44-27-42(76)30-65-58(85)53-54(81)34(2)31-74(53)62(87)52(47(79)19-20-63)68-57(84)51(48(80)25-37-9-18-46(78)49(26-37)88-4)67-56(83)45-28-43(77)32-73(45)61(86)50(35(3)75)66-55(44)82/h7-13,16-18,26,33-35,40,42-45,47-48,50-54,64,75-81H,5-6,14-15,19-25,27-32,63H2,1-4H3,(H,65,85)(H,66,82)(H,67,83)(H,68,84)/t33?,34-,35+,40?,42+,43+,44-,45-,47+,48+,50-,51-,52-,53-,54-/m0/s1. The van der Waals surface area contributed by atoms with Gasteiger partial charge < -0.3 is 87.5 Å². The first-order valence-corrected chi connectivity index (χ1v) is 31.6. The molecule has 26 nitrogen and oxygen atoms in total. The molecule has 1 aromatic heterocycles. The number of aliphatic hydroxyl groups excluding tert-OH is 6. The molecule has 3 aromatic carbocycles. The van der Waals surface area contributed by atoms with Crippen molar-refractivity contribution in [3.63, 3.8) is 0 Å². The molecule has 0 radical (unpaired) electrons. The quantitative estimate of drug-likeness (QED) is 0.0675. The smallest absolute Gasteiger partial charge is 0.248 e. The molecule has 4 aliphatic heterocycles. The van der Waals surface area contributed by atoms with Crippen molar-refractivity contribution in [2.45, 2.75) is 158 Å². The SMILES string of the molecule is COc1cc(C[C@@H](O)[C@@H]2NC(=O)[C@@H]3C[C@@H](O)CN3C(=O)[C@H]([C@@H](C)O)NC(=O)[C@@H](NCc3ccc(-c4nnc(-c5ccc(N6CCN(C7CCC(C)CC7)CC6)cc5)s4)cc3)C[C@@H](O)CNC(=O)[C@@H]3[C@@H](O)[C@@H](C)CN3C(=O)[C@H]([C@H](O)CCN)NC2=O)ccc1O. The Kier molecular flexibility index (Phi) is 22.3. The number of ether oxygens (including phenoxy) is 1. The number of carbonyl (C=O) groups excluding carboxylic acids is 6. The van der Waals surface area contributed by atoms with Crippen LogP contribution in [0.4, 0.5) is 5.69 Å². The summed E-state index contributed by atoms with van der Waals surface area (Å²) in [7, 11) is 1.29. The number of hydrogen-bond acceptors (Lipinski definition) is 21. The number of aromatic nitrogens is 2. The maximum atomic E-state index is 14.7. The number of β-amino-alcohol motifs (C(OH)–C–C–N with tert-alkyl or cyclic N) is 1. The van der Waals surface area contributed by atoms with Gasteiger partial charge in [-0.15, -0.1) is 10.2 Å². The van der Waals surface area contributed by atoms with E-state index in [0.717, 1.165) is 58.0 Å². The van der Waals surface area contributed by atoms with E-state index >= 15 is 0 Å². The highest BCUT2D eigenvalue weighted by Gasteiger charge is 2.50. The van der Waals surface area contributed by atoms with Crippen LogP contribution < -0.4 is 42.0 Å². The van der Waals surface area contributed by atoms with Gasteiger partial charge in [0.25, 0.3) is 0 Å². The third kappa shape index (κ3) is 16.0. The number of nitrogens with one attached hydrogen (secondary N) is 5. The van der Waals surface area contributed by atoms with Crippen LogP contribution in [0.5, 0.6) is 11.5 Å². The molecule has 4 aromatic rings. The van der Waals surface area contributed by atoms with E-state index in [9.17, 15) is 64.5 Å². The van der Waals surface area contributed by atoms with Crippen molar-refractivity contribution in [2.75, 3.05) is 64.4 Å². The Morgan fingerprint density at radius 2 is 1.33 bits per heavy atom. The first-order chi connectivity index (χ1) is 42.6. The van der Waals surface area contributed by atoms with Crippen molar-refractivity contribution in [3.8, 4) is 32.6 Å². The molecule has 27 heteroatoms. The van der Waals surface area contributed by atoms with E-state index in [2.05, 4.69) is 77.8 Å². The Hall–Kier alpha value is -6.92. The number of nitrogens with two attached hydrogens (primary N) is 1. The topological polar surface area (TPSA) is 378 Å². The summed E-state index contributed by atoms with van der Waals surface area (Å²) in [5.41, 5.74) is 9.70. The lowest BCUT2D eigenvalue weighted by molar-refractivity contribution is -0.147. The highest BCUT2D eigenvalue weighted by molar-refractivity contribution is 7.17. The van der Waals surface area contributed by atoms with E-state index in [1.807, 2.05) is 24.3 Å². The van der Waals surface area contributed by atoms with Gasteiger partial charge in [0.05, 0.1) is 49.8 Å². The number of nitrogens with zero attached hydrogens (tertiary/aromatic N) is 6. The normalized spacial score (nSPS) is 29.2. The van der Waals surface area contributed by atoms with Gasteiger partial charge in [0.15, 0.2) is 11.5 Å². The molecular formula is C62H86N12O14S. The van der Waals surface area contributed by atoms with Crippen molar-refractivity contribution in [3.05, 3.63) is 77.9 Å². The molecule has 89 heavy (non-hydrogen) atoms. The number of hydrogen-bond donors (Lipinski definition) is 13. The van der Waals surface area contributed by atoms with Gasteiger partial charge in [-0.05, 0) is 105 Å². The van der Waals surface area contributed by atoms with Crippen molar-refractivity contribution < 1.29 is 69.2 Å². The molecule has 5 fully saturated rings. The Bertz CT molecular complexity index is 3090. The van der Waals surface area contributed by atoms with Crippen molar-refractivity contribution in [1.82, 2.24) is 51.5 Å². The van der Waals surface area contributed by atoms with Crippen LogP contribution in [0.3, 0.4) is 0 Å². The number of aliphatic hydroxyl groups is 6. The summed E-state index contributed by atoms with van der Waals surface area (Å²) in [5.74, 6) is -6.28. The summed E-state index contributed by atoms with van der Waals surface area (Å²) >= 11 is 1.44. The zero-order chi connectivity index (χ0) is 63.8. The number of benzene rings is 3. The van der Waals surface area contributed by atoms with Gasteiger partial charge in [-0.2, -0.15) is 0 Å². The van der Waals surface area contributed by atoms with Gasteiger partial charge in [-0.25, -0.2) is 0 Å². The van der Waals surface area contributed by atoms with Crippen LogP contribution in [-0.4, -0.2) is 234 Å². The zero-order valence-corrected chi connectivity index (χ0v) is 51.5. The molecule has 484 valence electrons. The predicted octanol–water partition coefficient (Wildman–Crippen LogP) is -1.06. The second-order valence-electron chi connectivity index (χ2n) is 24.6. The van der Waals surface area contributed by atoms with Crippen LogP contribution in [0.1, 0.15) is 76.8 Å². The van der Waals surface area contributed by atoms with Gasteiger partial charge in [0.1, 0.15) is 40.2 Å². The minimum absolute atomic E-state index is 0.0158. The lowest BCUT2D eigenvalue weighted by Crippen LogP contribution is -2.64. The molecule has 1 saturated carbocycles. The number of piperazine rings is 1. The number of methoxy groups -OCH3 is 1. The molecule has 14 N–H and O–H groups in total. The lowest BCUT2D eigenvalue weighted by atomic mass is 9.86. The number of amides is 6. The van der Waals surface area contributed by atoms with Gasteiger partial charge >= 0.3 is 0 Å². The minimum Gasteiger partial charge on any atom is -0.504 e. The number of phenols is 1. The second-order valence-corrected chi connectivity index (χ2v) is 25.6. The lowest BCUT2D eigenvalue weighted by Gasteiger charge is -2.42. The first kappa shape index (κ1) is 66.5. The maximum absolute atomic E-state index is 14.7. The molecule has 13 atom stereocenters. The summed E-state index contributed by atoms with van der Waals surface area (Å²) in [6.45, 7) is 7.85. The monoisotopic (exact) mass is 1250 g/mol. The summed E-state index contributed by atoms with van der Waals surface area (Å²) in [4.78, 5) is 94.1. The van der Waals surface area contributed by atoms with E-state index in [0.29, 0.717) is 22.2 Å². The van der Waals surface area contributed by atoms with Crippen molar-refractivity contribution in [1.29, 1.82) is 0 Å². The van der Waals surface area contributed by atoms with Crippen LogP contribution in [0.2, 0.25) is 0 Å². The van der Waals surface area contributed by atoms with Crippen LogP contribution >= 0.6 is 11.3 Å². The van der Waals surface area contributed by atoms with E-state index < -0.39 is 147 Å². The van der Waals surface area contributed by atoms with E-state index in [1.54, 1.807) is 6.92 Å². The summed E-state index contributed by atoms with van der Waals surface area (Å²) in [6, 6.07) is 10.4. The maximum Gasteiger partial charge on any atom is 0.248 e. The Balaban J connectivity index is 0.934. The molecule has 4 saturated heterocycles. The molecule has 0 bridgehead atoms. The van der Waals surface area contributed by atoms with E-state index in [-0.39, 0.29) is 37.6 Å².